The number of hydrogen-bond acceptors (Lipinski definition) is 8. The maximum Gasteiger partial charge on any atom is 0.269 e. The molecule has 4 heterocycles. The Balaban J connectivity index is 1.51. The monoisotopic (exact) mass is 448 g/mol. The number of benzene rings is 1. The van der Waals surface area contributed by atoms with Crippen LogP contribution in [0.15, 0.2) is 42.9 Å². The van der Waals surface area contributed by atoms with Gasteiger partial charge < -0.3 is 21.1 Å². The van der Waals surface area contributed by atoms with Gasteiger partial charge in [-0.05, 0) is 31.2 Å². The molecule has 4 N–H and O–H groups in total. The van der Waals surface area contributed by atoms with Gasteiger partial charge >= 0.3 is 0 Å². The van der Waals surface area contributed by atoms with Gasteiger partial charge in [0.15, 0.2) is 5.65 Å². The number of halogens is 1. The molecular weight excluding hydrogens is 427 g/mol. The second-order valence-electron chi connectivity index (χ2n) is 7.60. The SMILES string of the molecule is CNC(=O)c1cc(Oc2ccc(-c3nn([C@@H]4CCNC4)c4ncnc(N)c34)c(F)c2)ccn1. The Morgan fingerprint density at radius 3 is 2.85 bits per heavy atom. The lowest BCUT2D eigenvalue weighted by molar-refractivity contribution is 0.0958. The van der Waals surface area contributed by atoms with Gasteiger partial charge in [0.25, 0.3) is 5.91 Å². The number of amides is 1. The number of carbonyl (C=O) groups excluding carboxylic acids is 1. The van der Waals surface area contributed by atoms with Crippen LogP contribution >= 0.6 is 0 Å². The Hall–Kier alpha value is -4.12. The van der Waals surface area contributed by atoms with Crippen LogP contribution in [0.25, 0.3) is 22.3 Å². The zero-order valence-corrected chi connectivity index (χ0v) is 17.7. The molecule has 3 aromatic heterocycles. The van der Waals surface area contributed by atoms with E-state index in [1.807, 2.05) is 0 Å². The lowest BCUT2D eigenvalue weighted by Crippen LogP contribution is -2.18. The van der Waals surface area contributed by atoms with Crippen molar-refractivity contribution in [2.45, 2.75) is 12.5 Å². The standard InChI is InChI=1S/C22H21FN8O2/c1-25-22(32)17-9-14(5-7-27-17)33-13-2-3-15(16(23)8-13)19-18-20(24)28-11-29-21(18)31(30-19)12-4-6-26-10-12/h2-3,5,7-9,11-12,26H,4,6,10H2,1H3,(H,25,32)(H2,24,28,29)/t12-/m1/s1. The van der Waals surface area contributed by atoms with Crippen LogP contribution in [0.3, 0.4) is 0 Å². The summed E-state index contributed by atoms with van der Waals surface area (Å²) in [5.41, 5.74) is 7.54. The second kappa shape index (κ2) is 8.43. The summed E-state index contributed by atoms with van der Waals surface area (Å²) in [5, 5.41) is 11.0. The van der Waals surface area contributed by atoms with Gasteiger partial charge in [-0.3, -0.25) is 9.78 Å². The van der Waals surface area contributed by atoms with Gasteiger partial charge in [0, 0.05) is 37.5 Å². The molecule has 0 spiro atoms. The van der Waals surface area contributed by atoms with E-state index >= 15 is 4.39 Å². The predicted octanol–water partition coefficient (Wildman–Crippen LogP) is 2.30. The number of nitrogens with zero attached hydrogens (tertiary/aromatic N) is 5. The Bertz CT molecular complexity index is 1350. The minimum atomic E-state index is -0.535. The topological polar surface area (TPSA) is 133 Å². The molecule has 0 saturated carbocycles. The number of rotatable bonds is 5. The van der Waals surface area contributed by atoms with Crippen LogP contribution in [0, 0.1) is 5.82 Å². The van der Waals surface area contributed by atoms with Crippen molar-refractivity contribution in [3.8, 4) is 22.8 Å². The molecule has 33 heavy (non-hydrogen) atoms. The van der Waals surface area contributed by atoms with E-state index in [9.17, 15) is 4.79 Å². The van der Waals surface area contributed by atoms with Gasteiger partial charge in [-0.25, -0.2) is 19.0 Å². The van der Waals surface area contributed by atoms with E-state index in [0.717, 1.165) is 19.5 Å². The number of ether oxygens (including phenoxy) is 1. The molecule has 1 aliphatic rings. The highest BCUT2D eigenvalue weighted by Crippen LogP contribution is 2.35. The minimum absolute atomic E-state index is 0.0995. The molecule has 1 saturated heterocycles. The molecule has 4 aromatic rings. The quantitative estimate of drug-likeness (QED) is 0.424. The van der Waals surface area contributed by atoms with Crippen LogP contribution in [0.5, 0.6) is 11.5 Å². The summed E-state index contributed by atoms with van der Waals surface area (Å²) in [5.74, 6) is -0.0188. The minimum Gasteiger partial charge on any atom is -0.457 e. The molecule has 0 aliphatic carbocycles. The van der Waals surface area contributed by atoms with E-state index in [0.29, 0.717) is 22.5 Å². The van der Waals surface area contributed by atoms with Crippen molar-refractivity contribution >= 4 is 22.8 Å². The van der Waals surface area contributed by atoms with Crippen molar-refractivity contribution in [2.24, 2.45) is 0 Å². The maximum atomic E-state index is 15.2. The molecule has 11 heteroatoms. The molecule has 1 aliphatic heterocycles. The van der Waals surface area contributed by atoms with Crippen LogP contribution in [-0.2, 0) is 0 Å². The average Bonchev–Trinajstić information content (AvgIpc) is 3.48. The lowest BCUT2D eigenvalue weighted by Gasteiger charge is -2.09. The fourth-order valence-corrected chi connectivity index (χ4v) is 3.90. The molecule has 0 bridgehead atoms. The van der Waals surface area contributed by atoms with Crippen LogP contribution < -0.4 is 21.1 Å². The highest BCUT2D eigenvalue weighted by Gasteiger charge is 2.25. The van der Waals surface area contributed by atoms with Gasteiger partial charge in [-0.1, -0.05) is 0 Å². The van der Waals surface area contributed by atoms with Gasteiger partial charge in [0.2, 0.25) is 0 Å². The first kappa shape index (κ1) is 20.8. The van der Waals surface area contributed by atoms with Crippen LogP contribution in [0.2, 0.25) is 0 Å². The summed E-state index contributed by atoms with van der Waals surface area (Å²) < 4.78 is 22.8. The zero-order chi connectivity index (χ0) is 22.9. The molecule has 1 amide bonds. The maximum absolute atomic E-state index is 15.2. The van der Waals surface area contributed by atoms with Gasteiger partial charge in [0.05, 0.1) is 11.4 Å². The first-order valence-electron chi connectivity index (χ1n) is 10.4. The summed E-state index contributed by atoms with van der Waals surface area (Å²) in [7, 11) is 1.51. The number of nitrogens with two attached hydrogens (primary N) is 1. The van der Waals surface area contributed by atoms with E-state index in [4.69, 9.17) is 10.5 Å². The molecule has 1 fully saturated rings. The average molecular weight is 448 g/mol. The molecule has 10 nitrogen and oxygen atoms in total. The second-order valence-corrected chi connectivity index (χ2v) is 7.60. The number of hydrogen-bond donors (Lipinski definition) is 3. The summed E-state index contributed by atoms with van der Waals surface area (Å²) in [6.45, 7) is 1.62. The Morgan fingerprint density at radius 1 is 1.24 bits per heavy atom. The zero-order valence-electron chi connectivity index (χ0n) is 17.7. The normalized spacial score (nSPS) is 15.6. The van der Waals surface area contributed by atoms with E-state index in [1.165, 1.54) is 31.7 Å². The van der Waals surface area contributed by atoms with Crippen LogP contribution in [-0.4, -0.2) is 50.8 Å². The van der Waals surface area contributed by atoms with Crippen molar-refractivity contribution in [1.29, 1.82) is 0 Å². The van der Waals surface area contributed by atoms with Crippen molar-refractivity contribution in [2.75, 3.05) is 25.9 Å². The van der Waals surface area contributed by atoms with E-state index in [-0.39, 0.29) is 34.8 Å². The lowest BCUT2D eigenvalue weighted by atomic mass is 10.1. The third kappa shape index (κ3) is 3.82. The van der Waals surface area contributed by atoms with Crippen molar-refractivity contribution in [1.82, 2.24) is 35.4 Å². The fourth-order valence-electron chi connectivity index (χ4n) is 3.90. The number of anilines is 1. The third-order valence-electron chi connectivity index (χ3n) is 5.52. The van der Waals surface area contributed by atoms with Gasteiger partial charge in [-0.2, -0.15) is 5.10 Å². The molecule has 0 radical (unpaired) electrons. The fraction of sp³-hybridized carbons (Fsp3) is 0.227. The highest BCUT2D eigenvalue weighted by atomic mass is 19.1. The van der Waals surface area contributed by atoms with Crippen molar-refractivity contribution < 1.29 is 13.9 Å². The number of fused-ring (bicyclic) bond motifs is 1. The molecular formula is C22H21FN8O2. The number of nitrogen functional groups attached to an aromatic ring is 1. The molecule has 1 aromatic carbocycles. The van der Waals surface area contributed by atoms with Gasteiger partial charge in [-0.15, -0.1) is 0 Å². The van der Waals surface area contributed by atoms with E-state index in [1.54, 1.807) is 22.9 Å². The smallest absolute Gasteiger partial charge is 0.269 e. The predicted molar refractivity (Wildman–Crippen MR) is 119 cm³/mol. The van der Waals surface area contributed by atoms with Crippen LogP contribution in [0.4, 0.5) is 10.2 Å². The largest absolute Gasteiger partial charge is 0.457 e. The molecule has 1 atom stereocenters. The summed E-state index contributed by atoms with van der Waals surface area (Å²) in [6, 6.07) is 7.63. The third-order valence-corrected chi connectivity index (χ3v) is 5.52. The number of nitrogens with one attached hydrogen (secondary N) is 2. The number of pyridine rings is 1. The highest BCUT2D eigenvalue weighted by molar-refractivity contribution is 5.98. The van der Waals surface area contributed by atoms with Crippen molar-refractivity contribution in [3.05, 3.63) is 54.4 Å². The van der Waals surface area contributed by atoms with E-state index < -0.39 is 5.82 Å². The Morgan fingerprint density at radius 2 is 2.09 bits per heavy atom. The summed E-state index contributed by atoms with van der Waals surface area (Å²) >= 11 is 0. The Kier molecular flexibility index (Phi) is 5.31. The van der Waals surface area contributed by atoms with E-state index in [2.05, 4.69) is 30.7 Å². The number of aromatic nitrogens is 5. The first-order valence-corrected chi connectivity index (χ1v) is 10.4. The molecule has 168 valence electrons. The molecule has 0 unspecified atom stereocenters. The van der Waals surface area contributed by atoms with Crippen molar-refractivity contribution in [3.63, 3.8) is 0 Å². The molecule has 5 rings (SSSR count). The van der Waals surface area contributed by atoms with Gasteiger partial charge in [0.1, 0.15) is 40.8 Å². The number of carbonyl (C=O) groups is 1. The summed E-state index contributed by atoms with van der Waals surface area (Å²) in [4.78, 5) is 24.2. The first-order chi connectivity index (χ1) is 16.0. The summed E-state index contributed by atoms with van der Waals surface area (Å²) in [6.07, 6.45) is 3.72. The van der Waals surface area contributed by atoms with Crippen LogP contribution in [0.1, 0.15) is 23.0 Å². The Labute approximate surface area is 188 Å².